The van der Waals surface area contributed by atoms with Crippen LogP contribution in [0.4, 0.5) is 0 Å². The number of nitrogens with one attached hydrogen (secondary N) is 2. The number of carbonyl (C=O) groups excluding carboxylic acids is 1. The average molecular weight is 226 g/mol. The molecule has 94 valence electrons. The standard InChI is InChI=1S/C13H26N2O/c1-4-5-11-6-8-12(9-7-11)15-10(2)13(16)14-3/h10-12,15H,4-9H2,1-3H3,(H,14,16)/t10-,11?,12?/m1/s1. The Kier molecular flexibility index (Phi) is 5.81. The second-order valence-corrected chi connectivity index (χ2v) is 5.01. The van der Waals surface area contributed by atoms with Crippen LogP contribution in [0, 0.1) is 5.92 Å². The zero-order valence-electron chi connectivity index (χ0n) is 10.9. The highest BCUT2D eigenvalue weighted by atomic mass is 16.2. The third-order valence-corrected chi connectivity index (χ3v) is 3.67. The highest BCUT2D eigenvalue weighted by molar-refractivity contribution is 5.80. The first kappa shape index (κ1) is 13.5. The van der Waals surface area contributed by atoms with Crippen molar-refractivity contribution in [1.82, 2.24) is 10.6 Å². The number of likely N-dealkylation sites (N-methyl/N-ethyl adjacent to an activating group) is 1. The van der Waals surface area contributed by atoms with Crippen molar-refractivity contribution >= 4 is 5.91 Å². The molecule has 16 heavy (non-hydrogen) atoms. The van der Waals surface area contributed by atoms with Gasteiger partial charge in [0.05, 0.1) is 6.04 Å². The molecule has 1 saturated carbocycles. The van der Waals surface area contributed by atoms with Crippen molar-refractivity contribution in [2.45, 2.75) is 64.5 Å². The monoisotopic (exact) mass is 226 g/mol. The van der Waals surface area contributed by atoms with Gasteiger partial charge < -0.3 is 10.6 Å². The Morgan fingerprint density at radius 2 is 1.94 bits per heavy atom. The molecule has 0 aromatic heterocycles. The van der Waals surface area contributed by atoms with E-state index in [9.17, 15) is 4.79 Å². The topological polar surface area (TPSA) is 41.1 Å². The van der Waals surface area contributed by atoms with Gasteiger partial charge in [-0.2, -0.15) is 0 Å². The Balaban J connectivity index is 2.24. The number of carbonyl (C=O) groups is 1. The summed E-state index contributed by atoms with van der Waals surface area (Å²) in [5.74, 6) is 1.02. The lowest BCUT2D eigenvalue weighted by Gasteiger charge is -2.30. The van der Waals surface area contributed by atoms with E-state index in [-0.39, 0.29) is 11.9 Å². The maximum Gasteiger partial charge on any atom is 0.236 e. The molecule has 3 heteroatoms. The Morgan fingerprint density at radius 1 is 1.31 bits per heavy atom. The van der Waals surface area contributed by atoms with Gasteiger partial charge in [0.25, 0.3) is 0 Å². The van der Waals surface area contributed by atoms with Crippen molar-refractivity contribution in [2.75, 3.05) is 7.05 Å². The van der Waals surface area contributed by atoms with Crippen LogP contribution in [0.2, 0.25) is 0 Å². The zero-order valence-corrected chi connectivity index (χ0v) is 10.9. The molecule has 1 amide bonds. The highest BCUT2D eigenvalue weighted by Crippen LogP contribution is 2.27. The molecule has 1 fully saturated rings. The summed E-state index contributed by atoms with van der Waals surface area (Å²) in [5.41, 5.74) is 0. The van der Waals surface area contributed by atoms with Crippen LogP contribution < -0.4 is 10.6 Å². The highest BCUT2D eigenvalue weighted by Gasteiger charge is 2.23. The van der Waals surface area contributed by atoms with Gasteiger partial charge in [-0.1, -0.05) is 19.8 Å². The number of amides is 1. The molecular formula is C13H26N2O. The van der Waals surface area contributed by atoms with Gasteiger partial charge in [-0.3, -0.25) is 4.79 Å². The zero-order chi connectivity index (χ0) is 12.0. The summed E-state index contributed by atoms with van der Waals surface area (Å²) in [6, 6.07) is 0.484. The van der Waals surface area contributed by atoms with Gasteiger partial charge >= 0.3 is 0 Å². The molecule has 1 aliphatic rings. The fraction of sp³-hybridized carbons (Fsp3) is 0.923. The molecule has 0 aromatic rings. The first-order chi connectivity index (χ1) is 7.67. The maximum atomic E-state index is 11.4. The lowest BCUT2D eigenvalue weighted by molar-refractivity contribution is -0.122. The Bertz CT molecular complexity index is 210. The molecule has 0 saturated heterocycles. The minimum absolute atomic E-state index is 0.0577. The van der Waals surface area contributed by atoms with Crippen LogP contribution in [0.3, 0.4) is 0 Å². The average Bonchev–Trinajstić information content (AvgIpc) is 2.31. The predicted octanol–water partition coefficient (Wildman–Crippen LogP) is 2.07. The summed E-state index contributed by atoms with van der Waals surface area (Å²) >= 11 is 0. The first-order valence-corrected chi connectivity index (χ1v) is 6.65. The van der Waals surface area contributed by atoms with Crippen LogP contribution in [0.1, 0.15) is 52.4 Å². The van der Waals surface area contributed by atoms with Gasteiger partial charge in [0, 0.05) is 13.1 Å². The molecule has 0 bridgehead atoms. The lowest BCUT2D eigenvalue weighted by atomic mass is 9.83. The summed E-state index contributed by atoms with van der Waals surface area (Å²) in [4.78, 5) is 11.4. The molecule has 2 N–H and O–H groups in total. The summed E-state index contributed by atoms with van der Waals surface area (Å²) in [5, 5.41) is 6.10. The molecular weight excluding hydrogens is 200 g/mol. The van der Waals surface area contributed by atoms with Gasteiger partial charge in [0.2, 0.25) is 5.91 Å². The van der Waals surface area contributed by atoms with Gasteiger partial charge in [0.15, 0.2) is 0 Å². The van der Waals surface area contributed by atoms with Crippen molar-refractivity contribution in [1.29, 1.82) is 0 Å². The largest absolute Gasteiger partial charge is 0.358 e. The molecule has 0 spiro atoms. The van der Waals surface area contributed by atoms with E-state index in [0.717, 1.165) is 5.92 Å². The number of hydrogen-bond acceptors (Lipinski definition) is 2. The van der Waals surface area contributed by atoms with Crippen LogP contribution in [0.5, 0.6) is 0 Å². The quantitative estimate of drug-likeness (QED) is 0.753. The molecule has 0 aliphatic heterocycles. The van der Waals surface area contributed by atoms with Gasteiger partial charge in [0.1, 0.15) is 0 Å². The molecule has 1 rings (SSSR count). The van der Waals surface area contributed by atoms with Crippen LogP contribution in [0.15, 0.2) is 0 Å². The fourth-order valence-corrected chi connectivity index (χ4v) is 2.67. The van der Waals surface area contributed by atoms with E-state index in [4.69, 9.17) is 0 Å². The van der Waals surface area contributed by atoms with Crippen LogP contribution in [-0.4, -0.2) is 25.0 Å². The van der Waals surface area contributed by atoms with E-state index < -0.39 is 0 Å². The van der Waals surface area contributed by atoms with E-state index in [1.54, 1.807) is 7.05 Å². The predicted molar refractivity (Wildman–Crippen MR) is 67.3 cm³/mol. The fourth-order valence-electron chi connectivity index (χ4n) is 2.67. The lowest BCUT2D eigenvalue weighted by Crippen LogP contribution is -2.46. The van der Waals surface area contributed by atoms with Crippen molar-refractivity contribution in [2.24, 2.45) is 5.92 Å². The Labute approximate surface area is 99.4 Å². The molecule has 0 aromatic carbocycles. The molecule has 3 nitrogen and oxygen atoms in total. The third-order valence-electron chi connectivity index (χ3n) is 3.67. The summed E-state index contributed by atoms with van der Waals surface area (Å²) in [7, 11) is 1.69. The molecule has 0 heterocycles. The molecule has 0 radical (unpaired) electrons. The number of rotatable bonds is 5. The van der Waals surface area contributed by atoms with E-state index in [1.165, 1.54) is 38.5 Å². The summed E-state index contributed by atoms with van der Waals surface area (Å²) in [6.45, 7) is 4.20. The van der Waals surface area contributed by atoms with Crippen molar-refractivity contribution in [3.63, 3.8) is 0 Å². The smallest absolute Gasteiger partial charge is 0.236 e. The second kappa shape index (κ2) is 6.89. The van der Waals surface area contributed by atoms with Gasteiger partial charge in [-0.25, -0.2) is 0 Å². The van der Waals surface area contributed by atoms with Gasteiger partial charge in [-0.15, -0.1) is 0 Å². The van der Waals surface area contributed by atoms with Crippen LogP contribution in [-0.2, 0) is 4.79 Å². The van der Waals surface area contributed by atoms with Crippen molar-refractivity contribution in [3.8, 4) is 0 Å². The molecule has 1 atom stereocenters. The molecule has 0 unspecified atom stereocenters. The van der Waals surface area contributed by atoms with E-state index in [0.29, 0.717) is 6.04 Å². The minimum Gasteiger partial charge on any atom is -0.358 e. The van der Waals surface area contributed by atoms with E-state index in [1.807, 2.05) is 6.92 Å². The van der Waals surface area contributed by atoms with Crippen molar-refractivity contribution < 1.29 is 4.79 Å². The molecule has 1 aliphatic carbocycles. The summed E-state index contributed by atoms with van der Waals surface area (Å²) in [6.07, 6.45) is 7.78. The van der Waals surface area contributed by atoms with Crippen LogP contribution in [0.25, 0.3) is 0 Å². The second-order valence-electron chi connectivity index (χ2n) is 5.01. The van der Waals surface area contributed by atoms with Crippen molar-refractivity contribution in [3.05, 3.63) is 0 Å². The third kappa shape index (κ3) is 4.12. The van der Waals surface area contributed by atoms with E-state index in [2.05, 4.69) is 17.6 Å². The van der Waals surface area contributed by atoms with E-state index >= 15 is 0 Å². The van der Waals surface area contributed by atoms with Crippen LogP contribution >= 0.6 is 0 Å². The Hall–Kier alpha value is -0.570. The normalized spacial score (nSPS) is 27.4. The Morgan fingerprint density at radius 3 is 2.44 bits per heavy atom. The SMILES string of the molecule is CCCC1CCC(N[C@H](C)C(=O)NC)CC1. The first-order valence-electron chi connectivity index (χ1n) is 6.65. The maximum absolute atomic E-state index is 11.4. The number of hydrogen-bond donors (Lipinski definition) is 2. The van der Waals surface area contributed by atoms with Gasteiger partial charge in [-0.05, 0) is 38.5 Å². The minimum atomic E-state index is -0.0577. The summed E-state index contributed by atoms with van der Waals surface area (Å²) < 4.78 is 0.